The first-order chi connectivity index (χ1) is 13.7. The number of likely N-dealkylation sites (tertiary alicyclic amines) is 1. The third-order valence-electron chi connectivity index (χ3n) is 5.72. The average Bonchev–Trinajstić information content (AvgIpc) is 3.21. The van der Waals surface area contributed by atoms with Crippen LogP contribution in [0.15, 0.2) is 54.7 Å². The molecule has 0 atom stereocenters. The number of cyclic esters (lactones) is 1. The van der Waals surface area contributed by atoms with Gasteiger partial charge < -0.3 is 14.6 Å². The molecule has 2 aromatic carbocycles. The largest absolute Gasteiger partial charge is 0.444 e. The van der Waals surface area contributed by atoms with Crippen molar-refractivity contribution < 1.29 is 14.3 Å². The van der Waals surface area contributed by atoms with E-state index in [9.17, 15) is 9.59 Å². The number of hydrogen-bond acceptors (Lipinski definition) is 3. The minimum atomic E-state index is -0.291. The molecule has 1 N–H and O–H groups in total. The maximum Gasteiger partial charge on any atom is 0.414 e. The molecule has 3 heterocycles. The SMILES string of the molecule is O=C(c1ccc2cc[nH]c2c1)N1CCC(N2C(=O)OCc3ccccc32)CC1. The number of H-pyrrole nitrogens is 1. The van der Waals surface area contributed by atoms with Gasteiger partial charge in [-0.05, 0) is 42.5 Å². The number of carbonyl (C=O) groups is 2. The summed E-state index contributed by atoms with van der Waals surface area (Å²) in [5, 5.41) is 1.09. The first kappa shape index (κ1) is 16.9. The standard InChI is InChI=1S/C22H21N3O3/c26-21(16-6-5-15-7-10-23-19(15)13-16)24-11-8-18(9-12-24)25-20-4-2-1-3-17(20)14-28-22(25)27/h1-7,10,13,18,23H,8-9,11-12,14H2. The van der Waals surface area contributed by atoms with Crippen LogP contribution in [0.3, 0.4) is 0 Å². The minimum Gasteiger partial charge on any atom is -0.444 e. The van der Waals surface area contributed by atoms with E-state index in [1.807, 2.05) is 59.6 Å². The van der Waals surface area contributed by atoms with Gasteiger partial charge in [-0.3, -0.25) is 9.69 Å². The summed E-state index contributed by atoms with van der Waals surface area (Å²) in [6.45, 7) is 1.57. The van der Waals surface area contributed by atoms with Gasteiger partial charge in [0.05, 0.1) is 5.69 Å². The molecule has 0 spiro atoms. The van der Waals surface area contributed by atoms with E-state index in [1.165, 1.54) is 0 Å². The fourth-order valence-corrected chi connectivity index (χ4v) is 4.21. The number of nitrogens with zero attached hydrogens (tertiary/aromatic N) is 2. The van der Waals surface area contributed by atoms with Crippen LogP contribution < -0.4 is 4.90 Å². The van der Waals surface area contributed by atoms with Crippen molar-refractivity contribution in [3.05, 3.63) is 65.9 Å². The lowest BCUT2D eigenvalue weighted by Gasteiger charge is -2.40. The van der Waals surface area contributed by atoms with Crippen molar-refractivity contribution in [2.45, 2.75) is 25.5 Å². The average molecular weight is 375 g/mol. The molecule has 142 valence electrons. The van der Waals surface area contributed by atoms with Crippen molar-refractivity contribution in [2.75, 3.05) is 18.0 Å². The molecule has 0 aliphatic carbocycles. The van der Waals surface area contributed by atoms with Gasteiger partial charge in [0, 0.05) is 42.0 Å². The highest BCUT2D eigenvalue weighted by Crippen LogP contribution is 2.32. The van der Waals surface area contributed by atoms with E-state index in [1.54, 1.807) is 4.90 Å². The van der Waals surface area contributed by atoms with Gasteiger partial charge in [0.1, 0.15) is 6.61 Å². The fourth-order valence-electron chi connectivity index (χ4n) is 4.21. The molecule has 2 aliphatic rings. The van der Waals surface area contributed by atoms with Crippen LogP contribution in [0.4, 0.5) is 10.5 Å². The number of hydrogen-bond donors (Lipinski definition) is 1. The van der Waals surface area contributed by atoms with E-state index in [0.29, 0.717) is 25.3 Å². The van der Waals surface area contributed by atoms with E-state index in [-0.39, 0.29) is 18.0 Å². The predicted molar refractivity (Wildman–Crippen MR) is 106 cm³/mol. The lowest BCUT2D eigenvalue weighted by Crippen LogP contribution is -2.50. The van der Waals surface area contributed by atoms with Crippen molar-refractivity contribution in [1.29, 1.82) is 0 Å². The first-order valence-corrected chi connectivity index (χ1v) is 9.61. The number of anilines is 1. The Labute approximate surface area is 162 Å². The molecule has 2 amide bonds. The van der Waals surface area contributed by atoms with E-state index in [0.717, 1.165) is 35.0 Å². The third-order valence-corrected chi connectivity index (χ3v) is 5.72. The summed E-state index contributed by atoms with van der Waals surface area (Å²) in [6.07, 6.45) is 3.06. The molecular weight excluding hydrogens is 354 g/mol. The Kier molecular flexibility index (Phi) is 4.04. The summed E-state index contributed by atoms with van der Waals surface area (Å²) in [6, 6.07) is 15.6. The molecule has 0 saturated carbocycles. The van der Waals surface area contributed by atoms with E-state index in [4.69, 9.17) is 4.74 Å². The Morgan fingerprint density at radius 1 is 1.07 bits per heavy atom. The molecule has 0 bridgehead atoms. The number of para-hydroxylation sites is 1. The highest BCUT2D eigenvalue weighted by Gasteiger charge is 2.35. The van der Waals surface area contributed by atoms with Gasteiger partial charge in [-0.2, -0.15) is 0 Å². The molecule has 2 aliphatic heterocycles. The van der Waals surface area contributed by atoms with E-state index in [2.05, 4.69) is 4.98 Å². The van der Waals surface area contributed by atoms with Crippen molar-refractivity contribution >= 4 is 28.6 Å². The number of amides is 2. The maximum absolute atomic E-state index is 12.9. The van der Waals surface area contributed by atoms with Crippen LogP contribution >= 0.6 is 0 Å². The first-order valence-electron chi connectivity index (χ1n) is 9.61. The van der Waals surface area contributed by atoms with Crippen LogP contribution in [-0.2, 0) is 11.3 Å². The summed E-state index contributed by atoms with van der Waals surface area (Å²) < 4.78 is 5.35. The number of aromatic nitrogens is 1. The highest BCUT2D eigenvalue weighted by atomic mass is 16.6. The number of benzene rings is 2. The Hall–Kier alpha value is -3.28. The molecule has 5 rings (SSSR count). The second-order valence-corrected chi connectivity index (χ2v) is 7.36. The lowest BCUT2D eigenvalue weighted by molar-refractivity contribution is 0.0708. The number of aromatic amines is 1. The van der Waals surface area contributed by atoms with Gasteiger partial charge in [-0.15, -0.1) is 0 Å². The molecule has 0 unspecified atom stereocenters. The van der Waals surface area contributed by atoms with Crippen molar-refractivity contribution in [3.8, 4) is 0 Å². The van der Waals surface area contributed by atoms with Gasteiger partial charge >= 0.3 is 6.09 Å². The van der Waals surface area contributed by atoms with Gasteiger partial charge in [-0.25, -0.2) is 4.79 Å². The Morgan fingerprint density at radius 2 is 1.89 bits per heavy atom. The maximum atomic E-state index is 12.9. The third kappa shape index (κ3) is 2.81. The topological polar surface area (TPSA) is 65.6 Å². The van der Waals surface area contributed by atoms with Gasteiger partial charge in [0.2, 0.25) is 0 Å². The molecule has 1 saturated heterocycles. The van der Waals surface area contributed by atoms with Gasteiger partial charge in [0.25, 0.3) is 5.91 Å². The summed E-state index contributed by atoms with van der Waals surface area (Å²) >= 11 is 0. The number of nitrogens with one attached hydrogen (secondary N) is 1. The predicted octanol–water partition coefficient (Wildman–Crippen LogP) is 3.93. The number of carbonyl (C=O) groups excluding carboxylic acids is 2. The van der Waals surface area contributed by atoms with Crippen LogP contribution in [-0.4, -0.2) is 41.0 Å². The van der Waals surface area contributed by atoms with Crippen LogP contribution in [0.5, 0.6) is 0 Å². The normalized spacial score (nSPS) is 17.5. The number of rotatable bonds is 2. The summed E-state index contributed by atoms with van der Waals surface area (Å²) in [5.41, 5.74) is 3.62. The van der Waals surface area contributed by atoms with Crippen LogP contribution in [0.25, 0.3) is 10.9 Å². The molecular formula is C22H21N3O3. The summed E-state index contributed by atoms with van der Waals surface area (Å²) in [5.74, 6) is 0.0385. The highest BCUT2D eigenvalue weighted by molar-refractivity contribution is 5.98. The molecule has 6 nitrogen and oxygen atoms in total. The van der Waals surface area contributed by atoms with Crippen molar-refractivity contribution in [2.24, 2.45) is 0 Å². The second kappa shape index (κ2) is 6.71. The smallest absolute Gasteiger partial charge is 0.414 e. The molecule has 6 heteroatoms. The summed E-state index contributed by atoms with van der Waals surface area (Å²) in [4.78, 5) is 32.1. The zero-order valence-electron chi connectivity index (χ0n) is 15.4. The van der Waals surface area contributed by atoms with E-state index >= 15 is 0 Å². The van der Waals surface area contributed by atoms with Crippen molar-refractivity contribution in [3.63, 3.8) is 0 Å². The van der Waals surface area contributed by atoms with Crippen LogP contribution in [0.2, 0.25) is 0 Å². The monoisotopic (exact) mass is 375 g/mol. The van der Waals surface area contributed by atoms with Gasteiger partial charge in [0.15, 0.2) is 0 Å². The molecule has 28 heavy (non-hydrogen) atoms. The van der Waals surface area contributed by atoms with Crippen LogP contribution in [0.1, 0.15) is 28.8 Å². The summed E-state index contributed by atoms with van der Waals surface area (Å²) in [7, 11) is 0. The Balaban J connectivity index is 1.31. The Bertz CT molecular complexity index is 1050. The molecule has 1 aromatic heterocycles. The van der Waals surface area contributed by atoms with E-state index < -0.39 is 0 Å². The second-order valence-electron chi connectivity index (χ2n) is 7.36. The van der Waals surface area contributed by atoms with Crippen molar-refractivity contribution in [1.82, 2.24) is 9.88 Å². The lowest BCUT2D eigenvalue weighted by atomic mass is 10.00. The number of ether oxygens (including phenoxy) is 1. The minimum absolute atomic E-state index is 0.0385. The number of piperidine rings is 1. The molecule has 3 aromatic rings. The fraction of sp³-hybridized carbons (Fsp3) is 0.273. The molecule has 1 fully saturated rings. The van der Waals surface area contributed by atoms with Crippen LogP contribution in [0, 0.1) is 0 Å². The zero-order chi connectivity index (χ0) is 19.1. The molecule has 0 radical (unpaired) electrons. The Morgan fingerprint density at radius 3 is 2.75 bits per heavy atom. The quantitative estimate of drug-likeness (QED) is 0.738. The number of fused-ring (bicyclic) bond motifs is 2. The van der Waals surface area contributed by atoms with Gasteiger partial charge in [-0.1, -0.05) is 24.3 Å². The zero-order valence-corrected chi connectivity index (χ0v) is 15.4.